The first kappa shape index (κ1) is 20.2. The molecule has 6 heteroatoms. The van der Waals surface area contributed by atoms with Crippen LogP contribution in [0.5, 0.6) is 0 Å². The van der Waals surface area contributed by atoms with Gasteiger partial charge < -0.3 is 11.1 Å². The number of hydrogen-bond acceptors (Lipinski definition) is 4. The van der Waals surface area contributed by atoms with E-state index in [1.54, 1.807) is 18.6 Å². The van der Waals surface area contributed by atoms with Gasteiger partial charge in [0.15, 0.2) is 0 Å². The normalized spacial score (nSPS) is 13.4. The van der Waals surface area contributed by atoms with Gasteiger partial charge in [-0.2, -0.15) is 5.10 Å². The topological polar surface area (TPSA) is 85.8 Å². The van der Waals surface area contributed by atoms with Gasteiger partial charge in [0.1, 0.15) is 5.82 Å². The van der Waals surface area contributed by atoms with Crippen molar-refractivity contribution in [2.75, 3.05) is 5.73 Å². The summed E-state index contributed by atoms with van der Waals surface area (Å²) in [6.45, 7) is 5.19. The Morgan fingerprint density at radius 1 is 1.16 bits per heavy atom. The van der Waals surface area contributed by atoms with Gasteiger partial charge in [0.05, 0.1) is 18.3 Å². The van der Waals surface area contributed by atoms with Crippen molar-refractivity contribution in [3.63, 3.8) is 0 Å². The van der Waals surface area contributed by atoms with E-state index in [2.05, 4.69) is 46.6 Å². The van der Waals surface area contributed by atoms with E-state index in [-0.39, 0.29) is 5.91 Å². The van der Waals surface area contributed by atoms with Gasteiger partial charge in [-0.1, -0.05) is 24.3 Å². The van der Waals surface area contributed by atoms with E-state index in [4.69, 9.17) is 5.73 Å². The van der Waals surface area contributed by atoms with Gasteiger partial charge in [-0.15, -0.1) is 0 Å². The van der Waals surface area contributed by atoms with E-state index in [0.717, 1.165) is 33.4 Å². The lowest BCUT2D eigenvalue weighted by atomic mass is 9.96. The third-order valence-electron chi connectivity index (χ3n) is 6.41. The van der Waals surface area contributed by atoms with Crippen LogP contribution in [0, 0.1) is 13.8 Å². The largest absolute Gasteiger partial charge is 0.383 e. The Hall–Kier alpha value is -3.67. The molecule has 2 aromatic carbocycles. The maximum Gasteiger partial charge on any atom is 0.254 e. The van der Waals surface area contributed by atoms with Crippen molar-refractivity contribution in [3.05, 3.63) is 88.4 Å². The van der Waals surface area contributed by atoms with Crippen molar-refractivity contribution in [2.24, 2.45) is 0 Å². The summed E-state index contributed by atoms with van der Waals surface area (Å²) in [5.74, 6) is 1.15. The number of aromatic nitrogens is 3. The fourth-order valence-electron chi connectivity index (χ4n) is 4.34. The first-order valence-electron chi connectivity index (χ1n) is 11.0. The number of nitrogens with two attached hydrogens (primary N) is 1. The van der Waals surface area contributed by atoms with Gasteiger partial charge in [0.25, 0.3) is 5.91 Å². The minimum absolute atomic E-state index is 0.131. The number of anilines is 1. The molecule has 0 atom stereocenters. The Kier molecular flexibility index (Phi) is 5.13. The molecule has 32 heavy (non-hydrogen) atoms. The molecule has 1 amide bonds. The summed E-state index contributed by atoms with van der Waals surface area (Å²) in [6, 6.07) is 12.7. The minimum atomic E-state index is -0.131. The predicted molar refractivity (Wildman–Crippen MR) is 127 cm³/mol. The third kappa shape index (κ3) is 3.96. The van der Waals surface area contributed by atoms with E-state index >= 15 is 0 Å². The van der Waals surface area contributed by atoms with Crippen LogP contribution in [0.1, 0.15) is 56.9 Å². The second-order valence-corrected chi connectivity index (χ2v) is 8.71. The van der Waals surface area contributed by atoms with E-state index in [1.165, 1.54) is 24.0 Å². The molecule has 1 fully saturated rings. The molecular formula is C26H27N5O. The van der Waals surface area contributed by atoms with Crippen molar-refractivity contribution >= 4 is 22.5 Å². The number of carbonyl (C=O) groups is 1. The van der Waals surface area contributed by atoms with E-state index in [1.807, 2.05) is 23.7 Å². The lowest BCUT2D eigenvalue weighted by Gasteiger charge is -2.14. The molecule has 1 saturated carbocycles. The molecule has 2 aromatic heterocycles. The molecule has 0 bridgehead atoms. The van der Waals surface area contributed by atoms with Crippen LogP contribution in [0.4, 0.5) is 5.82 Å². The summed E-state index contributed by atoms with van der Waals surface area (Å²) in [4.78, 5) is 16.9. The smallest absolute Gasteiger partial charge is 0.254 e. The first-order chi connectivity index (χ1) is 15.5. The quantitative estimate of drug-likeness (QED) is 0.477. The van der Waals surface area contributed by atoms with E-state index in [0.29, 0.717) is 24.5 Å². The highest BCUT2D eigenvalue weighted by Gasteiger charge is 2.23. The van der Waals surface area contributed by atoms with Gasteiger partial charge in [-0.3, -0.25) is 9.48 Å². The first-order valence-corrected chi connectivity index (χ1v) is 11.0. The maximum atomic E-state index is 12.8. The highest BCUT2D eigenvalue weighted by Crippen LogP contribution is 2.39. The zero-order valence-corrected chi connectivity index (χ0v) is 18.4. The number of nitrogens with one attached hydrogen (secondary N) is 1. The molecule has 6 nitrogen and oxygen atoms in total. The standard InChI is InChI=1S/C26H27N5O/c1-16-11-23-22(9-10-28-25(23)27)17(2)24(16)13-29-26(32)21-12-30-31(15-21)14-18-3-5-19(6-4-18)20-7-8-20/h3-6,9-12,15,20H,7-8,13-14H2,1-2H3,(H2,27,28)(H,29,32). The Morgan fingerprint density at radius 3 is 2.69 bits per heavy atom. The summed E-state index contributed by atoms with van der Waals surface area (Å²) in [5, 5.41) is 9.43. The summed E-state index contributed by atoms with van der Waals surface area (Å²) >= 11 is 0. The van der Waals surface area contributed by atoms with Crippen LogP contribution in [-0.2, 0) is 13.1 Å². The van der Waals surface area contributed by atoms with Crippen LogP contribution in [0.25, 0.3) is 10.8 Å². The zero-order chi connectivity index (χ0) is 22.2. The minimum Gasteiger partial charge on any atom is -0.383 e. The molecule has 1 aliphatic carbocycles. The van der Waals surface area contributed by atoms with Crippen molar-refractivity contribution in [3.8, 4) is 0 Å². The summed E-state index contributed by atoms with van der Waals surface area (Å²) in [5.41, 5.74) is 12.5. The number of aryl methyl sites for hydroxylation is 2. The Bertz CT molecular complexity index is 1300. The number of carbonyl (C=O) groups excluding carboxylic acids is 1. The van der Waals surface area contributed by atoms with Crippen molar-refractivity contribution in [1.29, 1.82) is 0 Å². The molecule has 0 unspecified atom stereocenters. The van der Waals surface area contributed by atoms with Crippen molar-refractivity contribution in [1.82, 2.24) is 20.1 Å². The number of nitrogens with zero attached hydrogens (tertiary/aromatic N) is 3. The summed E-state index contributed by atoms with van der Waals surface area (Å²) in [6.07, 6.45) is 7.76. The van der Waals surface area contributed by atoms with Gasteiger partial charge in [-0.25, -0.2) is 4.98 Å². The molecule has 3 N–H and O–H groups in total. The predicted octanol–water partition coefficient (Wildman–Crippen LogP) is 4.49. The molecule has 0 saturated heterocycles. The fraction of sp³-hybridized carbons (Fsp3) is 0.269. The fourth-order valence-corrected chi connectivity index (χ4v) is 4.34. The van der Waals surface area contributed by atoms with Crippen LogP contribution in [0.2, 0.25) is 0 Å². The SMILES string of the molecule is Cc1cc2c(N)nccc2c(C)c1CNC(=O)c1cnn(Cc2ccc(C3CC3)cc2)c1. The number of fused-ring (bicyclic) bond motifs is 1. The van der Waals surface area contributed by atoms with E-state index < -0.39 is 0 Å². The number of nitrogen functional groups attached to an aromatic ring is 1. The van der Waals surface area contributed by atoms with Gasteiger partial charge >= 0.3 is 0 Å². The van der Waals surface area contributed by atoms with Crippen LogP contribution < -0.4 is 11.1 Å². The van der Waals surface area contributed by atoms with Crippen LogP contribution >= 0.6 is 0 Å². The molecular weight excluding hydrogens is 398 g/mol. The second kappa shape index (κ2) is 8.11. The maximum absolute atomic E-state index is 12.8. The molecule has 4 aromatic rings. The lowest BCUT2D eigenvalue weighted by Crippen LogP contribution is -2.23. The molecule has 0 radical (unpaired) electrons. The molecule has 2 heterocycles. The average Bonchev–Trinajstić information content (AvgIpc) is 3.53. The van der Waals surface area contributed by atoms with Crippen LogP contribution in [0.3, 0.4) is 0 Å². The van der Waals surface area contributed by atoms with Crippen molar-refractivity contribution < 1.29 is 4.79 Å². The monoisotopic (exact) mass is 425 g/mol. The van der Waals surface area contributed by atoms with Gasteiger partial charge in [0.2, 0.25) is 0 Å². The Labute approximate surface area is 187 Å². The molecule has 0 spiro atoms. The lowest BCUT2D eigenvalue weighted by molar-refractivity contribution is 0.0950. The number of hydrogen-bond donors (Lipinski definition) is 2. The molecule has 5 rings (SSSR count). The van der Waals surface area contributed by atoms with Gasteiger partial charge in [-0.05, 0) is 77.9 Å². The highest BCUT2D eigenvalue weighted by molar-refractivity contribution is 5.95. The third-order valence-corrected chi connectivity index (χ3v) is 6.41. The number of benzene rings is 2. The Morgan fingerprint density at radius 2 is 1.94 bits per heavy atom. The summed E-state index contributed by atoms with van der Waals surface area (Å²) in [7, 11) is 0. The zero-order valence-electron chi connectivity index (χ0n) is 18.4. The Balaban J connectivity index is 1.26. The second-order valence-electron chi connectivity index (χ2n) is 8.71. The average molecular weight is 426 g/mol. The number of rotatable bonds is 6. The highest BCUT2D eigenvalue weighted by atomic mass is 16.1. The number of pyridine rings is 1. The summed E-state index contributed by atoms with van der Waals surface area (Å²) < 4.78 is 1.81. The van der Waals surface area contributed by atoms with Gasteiger partial charge in [0, 0.05) is 24.3 Å². The molecule has 1 aliphatic rings. The molecule has 0 aliphatic heterocycles. The van der Waals surface area contributed by atoms with Crippen LogP contribution in [-0.4, -0.2) is 20.7 Å². The number of amides is 1. The van der Waals surface area contributed by atoms with Crippen molar-refractivity contribution in [2.45, 2.75) is 45.7 Å². The van der Waals surface area contributed by atoms with E-state index in [9.17, 15) is 4.79 Å². The van der Waals surface area contributed by atoms with Crippen LogP contribution in [0.15, 0.2) is 55.0 Å². The molecule has 162 valence electrons.